The van der Waals surface area contributed by atoms with E-state index in [0.717, 1.165) is 27.2 Å². The van der Waals surface area contributed by atoms with Gasteiger partial charge in [-0.15, -0.1) is 0 Å². The number of amides is 4. The lowest BCUT2D eigenvalue weighted by atomic mass is 10.00. The lowest BCUT2D eigenvalue weighted by Gasteiger charge is -2.19. The first kappa shape index (κ1) is 36.5. The van der Waals surface area contributed by atoms with Crippen molar-refractivity contribution < 1.29 is 32.7 Å². The summed E-state index contributed by atoms with van der Waals surface area (Å²) in [6.45, 7) is 1.84. The van der Waals surface area contributed by atoms with Crippen LogP contribution in [0.25, 0.3) is 22.0 Å². The number of anilines is 2. The minimum absolute atomic E-state index is 0.0133. The SMILES string of the molecule is Cc1cc(-c2ccc(NC(=O)C(CS)NC(=O)COc3ccc4nccc(C(=O)NCC(=O)N5CC(F)(F)C[C@H]5C#N)c4c3)c(C)c2)ccc1N. The molecule has 4 aromatic rings. The van der Waals surface area contributed by atoms with Crippen LogP contribution in [0.2, 0.25) is 0 Å². The number of thiol groups is 1. The van der Waals surface area contributed by atoms with Gasteiger partial charge in [-0.1, -0.05) is 12.1 Å². The van der Waals surface area contributed by atoms with Crippen molar-refractivity contribution >= 4 is 58.5 Å². The summed E-state index contributed by atoms with van der Waals surface area (Å²) in [6.07, 6.45) is 0.626. The Morgan fingerprint density at radius 2 is 1.80 bits per heavy atom. The van der Waals surface area contributed by atoms with Crippen LogP contribution < -0.4 is 26.4 Å². The molecule has 1 aliphatic rings. The number of nitriles is 1. The van der Waals surface area contributed by atoms with Crippen LogP contribution in [-0.2, 0) is 14.4 Å². The van der Waals surface area contributed by atoms with Gasteiger partial charge in [0.25, 0.3) is 17.7 Å². The number of halogens is 2. The highest BCUT2D eigenvalue weighted by molar-refractivity contribution is 7.80. The molecule has 5 rings (SSSR count). The van der Waals surface area contributed by atoms with Crippen molar-refractivity contribution in [1.82, 2.24) is 20.5 Å². The van der Waals surface area contributed by atoms with Gasteiger partial charge in [-0.2, -0.15) is 17.9 Å². The molecular formula is C36H35F2N7O5S. The number of ether oxygens (including phenoxy) is 1. The van der Waals surface area contributed by atoms with Crippen molar-refractivity contribution in [3.63, 3.8) is 0 Å². The summed E-state index contributed by atoms with van der Waals surface area (Å²) >= 11 is 4.24. The molecule has 4 amide bonds. The molecule has 0 spiro atoms. The van der Waals surface area contributed by atoms with E-state index in [2.05, 4.69) is 33.6 Å². The number of alkyl halides is 2. The van der Waals surface area contributed by atoms with Crippen LogP contribution >= 0.6 is 12.6 Å². The van der Waals surface area contributed by atoms with Gasteiger partial charge in [0.05, 0.1) is 30.2 Å². The predicted molar refractivity (Wildman–Crippen MR) is 190 cm³/mol. The normalized spacial score (nSPS) is 15.5. The number of carbonyl (C=O) groups excluding carboxylic acids is 4. The van der Waals surface area contributed by atoms with Gasteiger partial charge in [0, 0.05) is 35.1 Å². The second kappa shape index (κ2) is 15.4. The molecule has 51 heavy (non-hydrogen) atoms. The maximum atomic E-state index is 13.8. The zero-order valence-electron chi connectivity index (χ0n) is 27.7. The number of pyridine rings is 1. The minimum Gasteiger partial charge on any atom is -0.484 e. The summed E-state index contributed by atoms with van der Waals surface area (Å²) in [5.74, 6) is -5.51. The number of rotatable bonds is 11. The van der Waals surface area contributed by atoms with Gasteiger partial charge in [-0.3, -0.25) is 24.2 Å². The van der Waals surface area contributed by atoms with Gasteiger partial charge < -0.3 is 31.3 Å². The van der Waals surface area contributed by atoms with Crippen LogP contribution in [0.15, 0.2) is 66.9 Å². The summed E-state index contributed by atoms with van der Waals surface area (Å²) in [5.41, 5.74) is 11.5. The standard InChI is InChI=1S/C36H35F2N7O5S/c1-20-11-22(3-6-28(20)40)23-4-7-29(21(2)12-23)44-35(49)31(18-51)43-32(46)17-50-25-5-8-30-27(13-25)26(9-10-41-30)34(48)42-16-33(47)45-19-36(37,38)14-24(45)15-39/h3-13,24,31,51H,14,16-19,40H2,1-2H3,(H,42,48)(H,43,46)(H,44,49)/t24-,31?/m0/s1. The number of benzene rings is 3. The topological polar surface area (TPSA) is 180 Å². The van der Waals surface area contributed by atoms with Gasteiger partial charge in [-0.25, -0.2) is 8.78 Å². The molecule has 1 saturated heterocycles. The lowest BCUT2D eigenvalue weighted by molar-refractivity contribution is -0.131. The molecule has 0 bridgehead atoms. The first-order valence-corrected chi connectivity index (χ1v) is 16.5. The van der Waals surface area contributed by atoms with Gasteiger partial charge in [0.1, 0.15) is 17.8 Å². The fourth-order valence-electron chi connectivity index (χ4n) is 5.60. The molecule has 15 heteroatoms. The quantitative estimate of drug-likeness (QED) is 0.114. The fourth-order valence-corrected chi connectivity index (χ4v) is 5.85. The lowest BCUT2D eigenvalue weighted by Crippen LogP contribution is -2.46. The van der Waals surface area contributed by atoms with E-state index < -0.39 is 67.8 Å². The zero-order chi connectivity index (χ0) is 36.9. The van der Waals surface area contributed by atoms with Crippen molar-refractivity contribution in [1.29, 1.82) is 5.26 Å². The molecule has 1 unspecified atom stereocenters. The van der Waals surface area contributed by atoms with Gasteiger partial charge in [0.15, 0.2) is 6.61 Å². The number of hydrogen-bond donors (Lipinski definition) is 5. The van der Waals surface area contributed by atoms with E-state index in [1.165, 1.54) is 18.3 Å². The summed E-state index contributed by atoms with van der Waals surface area (Å²) in [4.78, 5) is 56.4. The molecule has 264 valence electrons. The van der Waals surface area contributed by atoms with E-state index in [0.29, 0.717) is 22.3 Å². The summed E-state index contributed by atoms with van der Waals surface area (Å²) < 4.78 is 33.2. The smallest absolute Gasteiger partial charge is 0.268 e. The molecule has 12 nitrogen and oxygen atoms in total. The van der Waals surface area contributed by atoms with Crippen molar-refractivity contribution in [3.8, 4) is 22.9 Å². The van der Waals surface area contributed by atoms with Crippen LogP contribution in [0, 0.1) is 25.2 Å². The van der Waals surface area contributed by atoms with E-state index in [4.69, 9.17) is 15.7 Å². The zero-order valence-corrected chi connectivity index (χ0v) is 28.6. The molecule has 0 aliphatic carbocycles. The maximum Gasteiger partial charge on any atom is 0.268 e. The number of nitrogens with zero attached hydrogens (tertiary/aromatic N) is 3. The van der Waals surface area contributed by atoms with Crippen LogP contribution in [0.3, 0.4) is 0 Å². The van der Waals surface area contributed by atoms with Crippen LogP contribution in [0.1, 0.15) is 27.9 Å². The monoisotopic (exact) mass is 715 g/mol. The molecule has 1 aliphatic heterocycles. The Labute approximate surface area is 297 Å². The number of likely N-dealkylation sites (tertiary alicyclic amines) is 1. The second-order valence-corrected chi connectivity index (χ2v) is 12.5. The molecule has 2 heterocycles. The predicted octanol–water partition coefficient (Wildman–Crippen LogP) is 4.02. The third-order valence-corrected chi connectivity index (χ3v) is 8.75. The summed E-state index contributed by atoms with van der Waals surface area (Å²) in [5, 5.41) is 17.4. The number of nitrogens with one attached hydrogen (secondary N) is 3. The maximum absolute atomic E-state index is 13.8. The van der Waals surface area contributed by atoms with Gasteiger partial charge in [0.2, 0.25) is 11.8 Å². The Morgan fingerprint density at radius 3 is 2.49 bits per heavy atom. The first-order chi connectivity index (χ1) is 24.3. The number of hydrogen-bond acceptors (Lipinski definition) is 9. The van der Waals surface area contributed by atoms with E-state index in [1.54, 1.807) is 24.3 Å². The second-order valence-electron chi connectivity index (χ2n) is 12.1. The third kappa shape index (κ3) is 8.71. The molecular weight excluding hydrogens is 681 g/mol. The van der Waals surface area contributed by atoms with Crippen LogP contribution in [0.4, 0.5) is 20.2 Å². The molecule has 3 aromatic carbocycles. The number of fused-ring (bicyclic) bond motifs is 1. The Hall–Kier alpha value is -5.75. The number of aryl methyl sites for hydroxylation is 2. The van der Waals surface area contributed by atoms with Gasteiger partial charge >= 0.3 is 0 Å². The van der Waals surface area contributed by atoms with E-state index >= 15 is 0 Å². The minimum atomic E-state index is -3.18. The Kier molecular flexibility index (Phi) is 11.0. The Bertz CT molecular complexity index is 2050. The van der Waals surface area contributed by atoms with Gasteiger partial charge in [-0.05, 0) is 84.6 Å². The number of nitrogen functional groups attached to an aromatic ring is 1. The van der Waals surface area contributed by atoms with E-state index in [9.17, 15) is 28.0 Å². The average molecular weight is 716 g/mol. The highest BCUT2D eigenvalue weighted by Gasteiger charge is 2.47. The molecule has 0 radical (unpaired) electrons. The van der Waals surface area contributed by atoms with Crippen LogP contribution in [0.5, 0.6) is 5.75 Å². The molecule has 5 N–H and O–H groups in total. The number of carbonyl (C=O) groups is 4. The molecule has 1 aromatic heterocycles. The molecule has 0 saturated carbocycles. The Balaban J connectivity index is 1.17. The molecule has 1 fully saturated rings. The average Bonchev–Trinajstić information content (AvgIpc) is 3.44. The van der Waals surface area contributed by atoms with Crippen LogP contribution in [-0.4, -0.2) is 77.0 Å². The summed E-state index contributed by atoms with van der Waals surface area (Å²) in [7, 11) is 0. The summed E-state index contributed by atoms with van der Waals surface area (Å²) in [6, 6.07) is 16.8. The van der Waals surface area contributed by atoms with E-state index in [-0.39, 0.29) is 17.1 Å². The third-order valence-electron chi connectivity index (χ3n) is 8.39. The van der Waals surface area contributed by atoms with Crippen molar-refractivity contribution in [2.75, 3.05) is 36.5 Å². The molecule has 2 atom stereocenters. The van der Waals surface area contributed by atoms with Crippen molar-refractivity contribution in [2.45, 2.75) is 38.3 Å². The van der Waals surface area contributed by atoms with Crippen molar-refractivity contribution in [2.24, 2.45) is 0 Å². The number of aromatic nitrogens is 1. The van der Waals surface area contributed by atoms with E-state index in [1.807, 2.05) is 44.2 Å². The highest BCUT2D eigenvalue weighted by Crippen LogP contribution is 2.32. The Morgan fingerprint density at radius 1 is 1.08 bits per heavy atom. The van der Waals surface area contributed by atoms with Crippen molar-refractivity contribution in [3.05, 3.63) is 83.6 Å². The fraction of sp³-hybridized carbons (Fsp3) is 0.278. The first-order valence-electron chi connectivity index (χ1n) is 15.8. The number of nitrogens with two attached hydrogens (primary N) is 1. The highest BCUT2D eigenvalue weighted by atomic mass is 32.1. The largest absolute Gasteiger partial charge is 0.484 e.